The lowest BCUT2D eigenvalue weighted by molar-refractivity contribution is 0.149. The van der Waals surface area contributed by atoms with E-state index < -0.39 is 6.09 Å². The largest absolute Gasteiger partial charge is 0.452 e. The van der Waals surface area contributed by atoms with Crippen LogP contribution in [0.15, 0.2) is 0 Å². The molecule has 0 aromatic heterocycles. The van der Waals surface area contributed by atoms with Gasteiger partial charge in [0.25, 0.3) is 0 Å². The third-order valence-corrected chi connectivity index (χ3v) is 1.85. The fourth-order valence-electron chi connectivity index (χ4n) is 0.997. The Morgan fingerprint density at radius 2 is 2.07 bits per heavy atom. The molecule has 0 saturated carbocycles. The highest BCUT2D eigenvalue weighted by atomic mass is 16.5. The van der Waals surface area contributed by atoms with Gasteiger partial charge in [-0.2, -0.15) is 0 Å². The molecule has 0 aromatic rings. The van der Waals surface area contributed by atoms with Crippen LogP contribution in [0.25, 0.3) is 0 Å². The van der Waals surface area contributed by atoms with E-state index in [1.54, 1.807) is 7.05 Å². The highest BCUT2D eigenvalue weighted by Crippen LogP contribution is 2.00. The molecular weight excluding hydrogens is 178 g/mol. The first-order valence-electron chi connectivity index (χ1n) is 5.02. The highest BCUT2D eigenvalue weighted by molar-refractivity contribution is 5.69. The Bertz CT molecular complexity index is 215. The van der Waals surface area contributed by atoms with Crippen LogP contribution in [0.3, 0.4) is 0 Å². The molecule has 0 fully saturated rings. The summed E-state index contributed by atoms with van der Waals surface area (Å²) in [7, 11) is 2.95. The summed E-state index contributed by atoms with van der Waals surface area (Å²) >= 11 is 0. The standard InChI is InChI=1S/C11H19NO2/c1-4-5-6-7-8-9-10-12(2)11(13)14-3/h4-8H2,1-3H3. The lowest BCUT2D eigenvalue weighted by Crippen LogP contribution is -2.20. The monoisotopic (exact) mass is 197 g/mol. The second kappa shape index (κ2) is 8.43. The van der Waals surface area contributed by atoms with Crippen molar-refractivity contribution in [1.82, 2.24) is 4.90 Å². The van der Waals surface area contributed by atoms with E-state index in [9.17, 15) is 4.79 Å². The number of ether oxygens (including phenoxy) is 1. The number of carbonyl (C=O) groups excluding carboxylic acids is 1. The molecule has 0 rings (SSSR count). The maximum Gasteiger partial charge on any atom is 0.420 e. The zero-order valence-electron chi connectivity index (χ0n) is 9.30. The molecule has 0 aliphatic carbocycles. The fraction of sp³-hybridized carbons (Fsp3) is 0.727. The smallest absolute Gasteiger partial charge is 0.420 e. The van der Waals surface area contributed by atoms with Crippen LogP contribution in [0, 0.1) is 12.0 Å². The minimum atomic E-state index is -0.411. The predicted molar refractivity (Wildman–Crippen MR) is 56.7 cm³/mol. The number of rotatable bonds is 4. The maximum absolute atomic E-state index is 10.9. The normalized spacial score (nSPS) is 8.79. The van der Waals surface area contributed by atoms with Crippen LogP contribution in [0.2, 0.25) is 0 Å². The number of amides is 1. The first kappa shape index (κ1) is 12.8. The van der Waals surface area contributed by atoms with Crippen LogP contribution in [0.1, 0.15) is 39.0 Å². The van der Waals surface area contributed by atoms with Crippen LogP contribution in [0.4, 0.5) is 4.79 Å². The van der Waals surface area contributed by atoms with Gasteiger partial charge in [-0.15, -0.1) is 0 Å². The summed E-state index contributed by atoms with van der Waals surface area (Å²) in [5.41, 5.74) is 0. The molecule has 0 spiro atoms. The first-order valence-corrected chi connectivity index (χ1v) is 5.02. The van der Waals surface area contributed by atoms with Crippen molar-refractivity contribution in [3.63, 3.8) is 0 Å². The predicted octanol–water partition coefficient (Wildman–Crippen LogP) is 2.62. The topological polar surface area (TPSA) is 29.5 Å². The van der Waals surface area contributed by atoms with E-state index in [2.05, 4.69) is 23.6 Å². The number of methoxy groups -OCH3 is 1. The van der Waals surface area contributed by atoms with Crippen LogP contribution < -0.4 is 0 Å². The molecule has 0 saturated heterocycles. The van der Waals surface area contributed by atoms with E-state index in [1.165, 1.54) is 31.3 Å². The fourth-order valence-corrected chi connectivity index (χ4v) is 0.997. The molecule has 80 valence electrons. The molecule has 0 unspecified atom stereocenters. The lowest BCUT2D eigenvalue weighted by atomic mass is 10.2. The van der Waals surface area contributed by atoms with Gasteiger partial charge in [0, 0.05) is 19.5 Å². The Balaban J connectivity index is 3.55. The van der Waals surface area contributed by atoms with Crippen LogP contribution in [-0.4, -0.2) is 25.2 Å². The molecule has 14 heavy (non-hydrogen) atoms. The number of hydrogen-bond donors (Lipinski definition) is 0. The maximum atomic E-state index is 10.9. The third-order valence-electron chi connectivity index (χ3n) is 1.85. The summed E-state index contributed by atoms with van der Waals surface area (Å²) in [5, 5.41) is 0. The molecule has 0 N–H and O–H groups in total. The summed E-state index contributed by atoms with van der Waals surface area (Å²) < 4.78 is 4.49. The second-order valence-electron chi connectivity index (χ2n) is 3.13. The van der Waals surface area contributed by atoms with Gasteiger partial charge < -0.3 is 4.74 Å². The minimum Gasteiger partial charge on any atom is -0.452 e. The van der Waals surface area contributed by atoms with Crippen LogP contribution in [-0.2, 0) is 4.74 Å². The Morgan fingerprint density at radius 3 is 2.64 bits per heavy atom. The molecule has 0 aliphatic heterocycles. The summed E-state index contributed by atoms with van der Waals surface area (Å²) in [6.45, 7) is 2.18. The van der Waals surface area contributed by atoms with E-state index >= 15 is 0 Å². The van der Waals surface area contributed by atoms with Gasteiger partial charge in [0.2, 0.25) is 0 Å². The quantitative estimate of drug-likeness (QED) is 0.394. The van der Waals surface area contributed by atoms with E-state index in [1.807, 2.05) is 0 Å². The molecule has 1 amide bonds. The number of nitrogens with zero attached hydrogens (tertiary/aromatic N) is 1. The van der Waals surface area contributed by atoms with Crippen molar-refractivity contribution in [2.24, 2.45) is 0 Å². The molecule has 0 atom stereocenters. The zero-order chi connectivity index (χ0) is 10.8. The number of unbranched alkanes of at least 4 members (excludes halogenated alkanes) is 4. The zero-order valence-corrected chi connectivity index (χ0v) is 9.30. The molecule has 0 bridgehead atoms. The SMILES string of the molecule is CCCCCCC#CN(C)C(=O)OC. The number of hydrogen-bond acceptors (Lipinski definition) is 2. The van der Waals surface area contributed by atoms with Crippen molar-refractivity contribution in [3.8, 4) is 12.0 Å². The van der Waals surface area contributed by atoms with Crippen molar-refractivity contribution >= 4 is 6.09 Å². The van der Waals surface area contributed by atoms with Crippen molar-refractivity contribution in [2.45, 2.75) is 39.0 Å². The van der Waals surface area contributed by atoms with Gasteiger partial charge in [-0.05, 0) is 6.42 Å². The second-order valence-corrected chi connectivity index (χ2v) is 3.13. The summed E-state index contributed by atoms with van der Waals surface area (Å²) in [5.74, 6) is 2.93. The summed E-state index contributed by atoms with van der Waals surface area (Å²) in [6, 6.07) is 2.72. The third kappa shape index (κ3) is 6.36. The van der Waals surface area contributed by atoms with Crippen LogP contribution >= 0.6 is 0 Å². The van der Waals surface area contributed by atoms with Gasteiger partial charge in [0.1, 0.15) is 0 Å². The van der Waals surface area contributed by atoms with Crippen molar-refractivity contribution in [1.29, 1.82) is 0 Å². The van der Waals surface area contributed by atoms with Gasteiger partial charge in [-0.1, -0.05) is 32.1 Å². The first-order chi connectivity index (χ1) is 6.72. The Labute approximate surface area is 86.4 Å². The van der Waals surface area contributed by atoms with Gasteiger partial charge >= 0.3 is 6.09 Å². The molecule has 3 heteroatoms. The average Bonchev–Trinajstić information content (AvgIpc) is 2.21. The lowest BCUT2D eigenvalue weighted by Gasteiger charge is -2.05. The highest BCUT2D eigenvalue weighted by Gasteiger charge is 2.02. The minimum absolute atomic E-state index is 0.411. The average molecular weight is 197 g/mol. The van der Waals surface area contributed by atoms with E-state index in [-0.39, 0.29) is 0 Å². The van der Waals surface area contributed by atoms with Crippen molar-refractivity contribution < 1.29 is 9.53 Å². The van der Waals surface area contributed by atoms with E-state index in [0.717, 1.165) is 12.8 Å². The molecule has 3 nitrogen and oxygen atoms in total. The van der Waals surface area contributed by atoms with Crippen molar-refractivity contribution in [3.05, 3.63) is 0 Å². The molecule has 0 aliphatic rings. The molecule has 0 radical (unpaired) electrons. The van der Waals surface area contributed by atoms with Gasteiger partial charge in [0.15, 0.2) is 0 Å². The Kier molecular flexibility index (Phi) is 7.72. The molecule has 0 heterocycles. The van der Waals surface area contributed by atoms with E-state index in [0.29, 0.717) is 0 Å². The van der Waals surface area contributed by atoms with Gasteiger partial charge in [-0.25, -0.2) is 9.69 Å². The number of carbonyl (C=O) groups is 1. The van der Waals surface area contributed by atoms with E-state index in [4.69, 9.17) is 0 Å². The van der Waals surface area contributed by atoms with Gasteiger partial charge in [-0.3, -0.25) is 0 Å². The van der Waals surface area contributed by atoms with Crippen molar-refractivity contribution in [2.75, 3.05) is 14.2 Å². The summed E-state index contributed by atoms with van der Waals surface area (Å²) in [4.78, 5) is 12.1. The molecular formula is C11H19NO2. The molecule has 0 aromatic carbocycles. The summed E-state index contributed by atoms with van der Waals surface area (Å²) in [6.07, 6.45) is 5.25. The Hall–Kier alpha value is -1.17. The van der Waals surface area contributed by atoms with Gasteiger partial charge in [0.05, 0.1) is 7.11 Å². The Morgan fingerprint density at radius 1 is 1.36 bits per heavy atom. The van der Waals surface area contributed by atoms with Crippen LogP contribution in [0.5, 0.6) is 0 Å².